The van der Waals surface area contributed by atoms with Crippen LogP contribution in [0, 0.1) is 0 Å². The van der Waals surface area contributed by atoms with Gasteiger partial charge in [-0.1, -0.05) is 15.9 Å². The normalized spacial score (nSPS) is 10.3. The van der Waals surface area contributed by atoms with Crippen molar-refractivity contribution in [3.63, 3.8) is 0 Å². The van der Waals surface area contributed by atoms with Gasteiger partial charge in [-0.2, -0.15) is 5.10 Å². The van der Waals surface area contributed by atoms with Crippen LogP contribution in [0.25, 0.3) is 5.69 Å². The molecule has 1 amide bonds. The van der Waals surface area contributed by atoms with E-state index in [-0.39, 0.29) is 5.91 Å². The molecule has 6 heteroatoms. The van der Waals surface area contributed by atoms with Crippen molar-refractivity contribution in [1.29, 1.82) is 0 Å². The fourth-order valence-corrected chi connectivity index (χ4v) is 2.01. The Labute approximate surface area is 119 Å². The Morgan fingerprint density at radius 1 is 1.37 bits per heavy atom. The van der Waals surface area contributed by atoms with E-state index in [4.69, 9.17) is 0 Å². The average molecular weight is 322 g/mol. The molecule has 5 nitrogen and oxygen atoms in total. The second-order valence-corrected chi connectivity index (χ2v) is 5.08. The lowest BCUT2D eigenvalue weighted by molar-refractivity contribution is 0.0821. The summed E-state index contributed by atoms with van der Waals surface area (Å²) in [5.41, 5.74) is 1.47. The fourth-order valence-electron chi connectivity index (χ4n) is 1.63. The number of halogens is 1. The molecule has 2 rings (SSSR count). The number of carbonyl (C=O) groups is 2. The van der Waals surface area contributed by atoms with Crippen LogP contribution in [0.15, 0.2) is 34.9 Å². The molecule has 0 unspecified atom stereocenters. The molecule has 0 atom stereocenters. The van der Waals surface area contributed by atoms with Crippen molar-refractivity contribution in [2.24, 2.45) is 0 Å². The van der Waals surface area contributed by atoms with Gasteiger partial charge in [0.1, 0.15) is 0 Å². The molecule has 0 spiro atoms. The van der Waals surface area contributed by atoms with E-state index >= 15 is 0 Å². The van der Waals surface area contributed by atoms with Gasteiger partial charge in [0.05, 0.1) is 5.69 Å². The van der Waals surface area contributed by atoms with E-state index in [9.17, 15) is 9.59 Å². The number of benzene rings is 1. The summed E-state index contributed by atoms with van der Waals surface area (Å²) in [4.78, 5) is 24.3. The Kier molecular flexibility index (Phi) is 3.80. The van der Waals surface area contributed by atoms with Gasteiger partial charge in [-0.25, -0.2) is 4.68 Å². The van der Waals surface area contributed by atoms with Crippen molar-refractivity contribution in [2.75, 3.05) is 14.1 Å². The first kappa shape index (κ1) is 13.5. The van der Waals surface area contributed by atoms with Crippen LogP contribution in [0.3, 0.4) is 0 Å². The molecule has 0 radical (unpaired) electrons. The molecule has 0 saturated heterocycles. The third-order valence-electron chi connectivity index (χ3n) is 2.58. The highest BCUT2D eigenvalue weighted by Gasteiger charge is 2.13. The fraction of sp³-hybridized carbons (Fsp3) is 0.154. The van der Waals surface area contributed by atoms with E-state index < -0.39 is 0 Å². The van der Waals surface area contributed by atoms with Gasteiger partial charge >= 0.3 is 0 Å². The minimum Gasteiger partial charge on any atom is -0.343 e. The summed E-state index contributed by atoms with van der Waals surface area (Å²) in [6, 6.07) is 6.92. The number of hydrogen-bond donors (Lipinski definition) is 0. The van der Waals surface area contributed by atoms with Crippen molar-refractivity contribution in [2.45, 2.75) is 0 Å². The predicted molar refractivity (Wildman–Crippen MR) is 74.7 cm³/mol. The molecule has 1 heterocycles. The van der Waals surface area contributed by atoms with Gasteiger partial charge in [0.15, 0.2) is 12.0 Å². The maximum absolute atomic E-state index is 11.8. The van der Waals surface area contributed by atoms with E-state index in [1.807, 2.05) is 6.07 Å². The first-order valence-electron chi connectivity index (χ1n) is 5.55. The maximum Gasteiger partial charge on any atom is 0.273 e. The number of aldehydes is 1. The highest BCUT2D eigenvalue weighted by molar-refractivity contribution is 9.10. The Balaban J connectivity index is 2.43. The van der Waals surface area contributed by atoms with Crippen molar-refractivity contribution < 1.29 is 9.59 Å². The molecule has 0 saturated carbocycles. The van der Waals surface area contributed by atoms with Crippen LogP contribution >= 0.6 is 15.9 Å². The van der Waals surface area contributed by atoms with E-state index in [0.717, 1.165) is 10.8 Å². The molecule has 0 bridgehead atoms. The van der Waals surface area contributed by atoms with Crippen LogP contribution in [0.5, 0.6) is 0 Å². The van der Waals surface area contributed by atoms with Crippen LogP contribution in [-0.4, -0.2) is 41.0 Å². The van der Waals surface area contributed by atoms with E-state index in [1.165, 1.54) is 9.58 Å². The number of rotatable bonds is 3. The molecule has 0 aliphatic heterocycles. The number of carbonyl (C=O) groups excluding carboxylic acids is 2. The molecule has 1 aromatic heterocycles. The number of amides is 1. The zero-order valence-corrected chi connectivity index (χ0v) is 12.1. The van der Waals surface area contributed by atoms with Crippen LogP contribution in [0.1, 0.15) is 20.8 Å². The molecule has 0 aliphatic carbocycles. The standard InChI is InChI=1S/C13H12BrN3O2/c1-16(2)13(19)11-5-6-17(15-11)12-4-3-10(14)7-9(12)8-18/h3-8H,1-2H3. The second kappa shape index (κ2) is 5.36. The first-order chi connectivity index (χ1) is 9.02. The molecule has 0 fully saturated rings. The average Bonchev–Trinajstić information content (AvgIpc) is 2.86. The van der Waals surface area contributed by atoms with Gasteiger partial charge in [0.2, 0.25) is 0 Å². The van der Waals surface area contributed by atoms with Gasteiger partial charge in [0.25, 0.3) is 5.91 Å². The largest absolute Gasteiger partial charge is 0.343 e. The van der Waals surface area contributed by atoms with Gasteiger partial charge in [-0.3, -0.25) is 9.59 Å². The molecule has 19 heavy (non-hydrogen) atoms. The van der Waals surface area contributed by atoms with Gasteiger partial charge in [0, 0.05) is 30.3 Å². The van der Waals surface area contributed by atoms with Gasteiger partial charge in [-0.05, 0) is 24.3 Å². The van der Waals surface area contributed by atoms with Crippen molar-refractivity contribution in [3.8, 4) is 5.69 Å². The summed E-state index contributed by atoms with van der Waals surface area (Å²) in [7, 11) is 3.33. The maximum atomic E-state index is 11.8. The monoisotopic (exact) mass is 321 g/mol. The number of aromatic nitrogens is 2. The lowest BCUT2D eigenvalue weighted by Crippen LogP contribution is -2.22. The van der Waals surface area contributed by atoms with E-state index in [2.05, 4.69) is 21.0 Å². The summed E-state index contributed by atoms with van der Waals surface area (Å²) in [5, 5.41) is 4.19. The SMILES string of the molecule is CN(C)C(=O)c1ccn(-c2ccc(Br)cc2C=O)n1. The quantitative estimate of drug-likeness (QED) is 0.814. The van der Waals surface area contributed by atoms with Crippen molar-refractivity contribution >= 4 is 28.1 Å². The summed E-state index contributed by atoms with van der Waals surface area (Å²) >= 11 is 3.31. The Morgan fingerprint density at radius 2 is 2.11 bits per heavy atom. The summed E-state index contributed by atoms with van der Waals surface area (Å²) < 4.78 is 2.34. The third kappa shape index (κ3) is 2.73. The predicted octanol–water partition coefficient (Wildman–Crippen LogP) is 2.15. The minimum absolute atomic E-state index is 0.177. The Bertz CT molecular complexity index is 635. The van der Waals surface area contributed by atoms with Gasteiger partial charge in [-0.15, -0.1) is 0 Å². The van der Waals surface area contributed by atoms with Crippen LogP contribution in [-0.2, 0) is 0 Å². The van der Waals surface area contributed by atoms with Crippen molar-refractivity contribution in [1.82, 2.24) is 14.7 Å². The zero-order valence-electron chi connectivity index (χ0n) is 10.5. The Hall–Kier alpha value is -1.95. The zero-order chi connectivity index (χ0) is 14.0. The third-order valence-corrected chi connectivity index (χ3v) is 3.07. The van der Waals surface area contributed by atoms with E-state index in [0.29, 0.717) is 16.9 Å². The lowest BCUT2D eigenvalue weighted by atomic mass is 10.2. The molecular formula is C13H12BrN3O2. The first-order valence-corrected chi connectivity index (χ1v) is 6.34. The molecule has 98 valence electrons. The number of hydrogen-bond acceptors (Lipinski definition) is 3. The topological polar surface area (TPSA) is 55.2 Å². The van der Waals surface area contributed by atoms with Gasteiger partial charge < -0.3 is 4.90 Å². The van der Waals surface area contributed by atoms with Crippen molar-refractivity contribution in [3.05, 3.63) is 46.2 Å². The summed E-state index contributed by atoms with van der Waals surface area (Å²) in [6.07, 6.45) is 2.42. The van der Waals surface area contributed by atoms with Crippen LogP contribution in [0.2, 0.25) is 0 Å². The summed E-state index contributed by atoms with van der Waals surface area (Å²) in [6.45, 7) is 0. The molecular weight excluding hydrogens is 310 g/mol. The number of nitrogens with zero attached hydrogens (tertiary/aromatic N) is 3. The smallest absolute Gasteiger partial charge is 0.273 e. The van der Waals surface area contributed by atoms with E-state index in [1.54, 1.807) is 38.5 Å². The van der Waals surface area contributed by atoms with Crippen LogP contribution < -0.4 is 0 Å². The highest BCUT2D eigenvalue weighted by Crippen LogP contribution is 2.18. The Morgan fingerprint density at radius 3 is 2.74 bits per heavy atom. The molecule has 1 aromatic carbocycles. The molecule has 0 aliphatic rings. The second-order valence-electron chi connectivity index (χ2n) is 4.17. The molecule has 2 aromatic rings. The van der Waals surface area contributed by atoms with Crippen LogP contribution in [0.4, 0.5) is 0 Å². The highest BCUT2D eigenvalue weighted by atomic mass is 79.9. The lowest BCUT2D eigenvalue weighted by Gasteiger charge is -2.08. The molecule has 0 N–H and O–H groups in total. The summed E-state index contributed by atoms with van der Waals surface area (Å²) in [5.74, 6) is -0.177. The minimum atomic E-state index is -0.177.